The van der Waals surface area contributed by atoms with Crippen LogP contribution in [0.4, 0.5) is 0 Å². The third kappa shape index (κ3) is 8.51. The van der Waals surface area contributed by atoms with Gasteiger partial charge in [0.15, 0.2) is 11.5 Å². The van der Waals surface area contributed by atoms with Crippen molar-refractivity contribution in [2.45, 2.75) is 25.7 Å². The third-order valence-electron chi connectivity index (χ3n) is 7.42. The Hall–Kier alpha value is -4.56. The van der Waals surface area contributed by atoms with Crippen LogP contribution in [0.3, 0.4) is 0 Å². The highest BCUT2D eigenvalue weighted by Crippen LogP contribution is 2.38. The van der Waals surface area contributed by atoms with Crippen LogP contribution in [0.1, 0.15) is 41.6 Å². The molecule has 0 fully saturated rings. The van der Waals surface area contributed by atoms with E-state index in [4.69, 9.17) is 23.7 Å². The van der Waals surface area contributed by atoms with E-state index in [0.717, 1.165) is 65.9 Å². The molecule has 0 heterocycles. The summed E-state index contributed by atoms with van der Waals surface area (Å²) in [7, 11) is 6.68. The number of hydrogen-bond donors (Lipinski definition) is 0. The molecule has 0 saturated heterocycles. The molecule has 0 aromatic heterocycles. The van der Waals surface area contributed by atoms with Crippen LogP contribution in [-0.4, -0.2) is 71.5 Å². The average molecular weight is 600 g/mol. The van der Waals surface area contributed by atoms with Gasteiger partial charge < -0.3 is 28.6 Å². The van der Waals surface area contributed by atoms with Crippen molar-refractivity contribution in [2.75, 3.05) is 54.7 Å². The van der Waals surface area contributed by atoms with Crippen LogP contribution in [0.25, 0.3) is 27.6 Å². The van der Waals surface area contributed by atoms with Crippen molar-refractivity contribution in [3.8, 4) is 17.2 Å². The van der Waals surface area contributed by atoms with E-state index in [2.05, 4.69) is 18.0 Å². The molecule has 8 heteroatoms. The van der Waals surface area contributed by atoms with Gasteiger partial charge in [-0.1, -0.05) is 48.5 Å². The van der Waals surface area contributed by atoms with E-state index in [0.29, 0.717) is 36.0 Å². The molecule has 0 unspecified atom stereocenters. The zero-order valence-electron chi connectivity index (χ0n) is 26.0. The monoisotopic (exact) mass is 599 g/mol. The second kappa shape index (κ2) is 16.3. The fourth-order valence-electron chi connectivity index (χ4n) is 5.16. The lowest BCUT2D eigenvalue weighted by Crippen LogP contribution is -2.22. The lowest BCUT2D eigenvalue weighted by Gasteiger charge is -2.16. The highest BCUT2D eigenvalue weighted by atomic mass is 16.5. The first-order valence-corrected chi connectivity index (χ1v) is 14.9. The van der Waals surface area contributed by atoms with Crippen molar-refractivity contribution in [3.05, 3.63) is 83.9 Å². The minimum atomic E-state index is -0.410. The quantitative estimate of drug-likeness (QED) is 0.0594. The van der Waals surface area contributed by atoms with Gasteiger partial charge in [-0.3, -0.25) is 0 Å². The average Bonchev–Trinajstić information content (AvgIpc) is 3.05. The number of unbranched alkanes of at least 4 members (excludes halogenated alkanes) is 2. The molecular formula is C36H41NO7. The smallest absolute Gasteiger partial charge is 0.339 e. The Balaban J connectivity index is 1.12. The van der Waals surface area contributed by atoms with Gasteiger partial charge in [0.1, 0.15) is 0 Å². The summed E-state index contributed by atoms with van der Waals surface area (Å²) < 4.78 is 27.1. The molecule has 4 aromatic carbocycles. The van der Waals surface area contributed by atoms with Crippen LogP contribution in [0, 0.1) is 0 Å². The molecule has 4 aromatic rings. The first kappa shape index (κ1) is 32.4. The number of rotatable bonds is 16. The first-order chi connectivity index (χ1) is 21.4. The maximum atomic E-state index is 13.1. The van der Waals surface area contributed by atoms with Crippen molar-refractivity contribution in [2.24, 2.45) is 0 Å². The Labute approximate surface area is 259 Å². The Kier molecular flexibility index (Phi) is 12.0. The summed E-state index contributed by atoms with van der Waals surface area (Å²) in [6, 6.07) is 21.5. The van der Waals surface area contributed by atoms with Crippen LogP contribution in [0.2, 0.25) is 0 Å². The molecule has 0 atom stereocenters. The maximum absolute atomic E-state index is 13.1. The number of fused-ring (bicyclic) bond motifs is 2. The van der Waals surface area contributed by atoms with Crippen molar-refractivity contribution >= 4 is 39.6 Å². The second-order valence-electron chi connectivity index (χ2n) is 10.5. The number of esters is 2. The molecule has 0 saturated carbocycles. The molecule has 4 rings (SSSR count). The minimum absolute atomic E-state index is 0.275. The lowest BCUT2D eigenvalue weighted by molar-refractivity contribution is -0.137. The molecule has 0 spiro atoms. The van der Waals surface area contributed by atoms with E-state index in [1.165, 1.54) is 6.08 Å². The normalized spacial score (nSPS) is 11.3. The summed E-state index contributed by atoms with van der Waals surface area (Å²) >= 11 is 0. The van der Waals surface area contributed by atoms with Gasteiger partial charge in [-0.2, -0.15) is 0 Å². The van der Waals surface area contributed by atoms with Gasteiger partial charge >= 0.3 is 11.9 Å². The second-order valence-corrected chi connectivity index (χ2v) is 10.5. The topological polar surface area (TPSA) is 83.5 Å². The Bertz CT molecular complexity index is 1520. The molecule has 0 radical (unpaired) electrons. The van der Waals surface area contributed by atoms with Gasteiger partial charge in [0.05, 0.1) is 40.1 Å². The molecule has 0 aliphatic rings. The summed E-state index contributed by atoms with van der Waals surface area (Å²) in [5.41, 5.74) is 1.36. The van der Waals surface area contributed by atoms with Crippen molar-refractivity contribution in [1.82, 2.24) is 4.90 Å². The standard InChI is InChI=1S/C36H41NO7/c1-37(20-12-22-43-33(38)18-17-26-23-31(40-2)35(42-4)32(24-26)41-3)19-10-5-11-21-44-36(39)34-29-15-8-6-13-27(29)25-28-14-7-9-16-30(28)34/h6-9,13-18,23-25H,5,10-12,19-22H2,1-4H3/b18-17+. The molecule has 0 bridgehead atoms. The maximum Gasteiger partial charge on any atom is 0.339 e. The minimum Gasteiger partial charge on any atom is -0.493 e. The Morgan fingerprint density at radius 3 is 1.91 bits per heavy atom. The molecule has 44 heavy (non-hydrogen) atoms. The van der Waals surface area contributed by atoms with E-state index in [-0.39, 0.29) is 5.97 Å². The summed E-state index contributed by atoms with van der Waals surface area (Å²) in [4.78, 5) is 27.5. The van der Waals surface area contributed by atoms with Crippen molar-refractivity contribution < 1.29 is 33.3 Å². The van der Waals surface area contributed by atoms with E-state index in [1.54, 1.807) is 39.5 Å². The van der Waals surface area contributed by atoms with Crippen LogP contribution in [0.5, 0.6) is 17.2 Å². The van der Waals surface area contributed by atoms with E-state index >= 15 is 0 Å². The number of carbonyl (C=O) groups is 2. The predicted octanol–water partition coefficient (Wildman–Crippen LogP) is 6.92. The van der Waals surface area contributed by atoms with Gasteiger partial charge in [-0.05, 0) is 90.7 Å². The van der Waals surface area contributed by atoms with Crippen molar-refractivity contribution in [3.63, 3.8) is 0 Å². The summed E-state index contributed by atoms with van der Waals surface area (Å²) in [6.07, 6.45) is 6.52. The predicted molar refractivity (Wildman–Crippen MR) is 174 cm³/mol. The molecule has 8 nitrogen and oxygen atoms in total. The molecule has 0 amide bonds. The molecule has 0 aliphatic heterocycles. The molecule has 0 N–H and O–H groups in total. The molecule has 0 aliphatic carbocycles. The van der Waals surface area contributed by atoms with Gasteiger partial charge in [-0.25, -0.2) is 9.59 Å². The number of hydrogen-bond acceptors (Lipinski definition) is 8. The molecular weight excluding hydrogens is 558 g/mol. The van der Waals surface area contributed by atoms with Crippen LogP contribution >= 0.6 is 0 Å². The van der Waals surface area contributed by atoms with Gasteiger partial charge in [0.2, 0.25) is 5.75 Å². The van der Waals surface area contributed by atoms with Gasteiger partial charge in [0, 0.05) is 12.6 Å². The van der Waals surface area contributed by atoms with Gasteiger partial charge in [-0.15, -0.1) is 0 Å². The highest BCUT2D eigenvalue weighted by molar-refractivity contribution is 6.16. The van der Waals surface area contributed by atoms with Crippen LogP contribution < -0.4 is 14.2 Å². The number of nitrogens with zero attached hydrogens (tertiary/aromatic N) is 1. The number of ether oxygens (including phenoxy) is 5. The number of methoxy groups -OCH3 is 3. The first-order valence-electron chi connectivity index (χ1n) is 14.9. The SMILES string of the molecule is COc1cc(/C=C/C(=O)OCCCN(C)CCCCCOC(=O)c2c3ccccc3cc3ccccc23)cc(OC)c1OC. The summed E-state index contributed by atoms with van der Waals surface area (Å²) in [5, 5.41) is 3.89. The zero-order valence-corrected chi connectivity index (χ0v) is 26.0. The lowest BCUT2D eigenvalue weighted by atomic mass is 9.97. The van der Waals surface area contributed by atoms with Crippen LogP contribution in [-0.2, 0) is 14.3 Å². The Morgan fingerprint density at radius 2 is 1.30 bits per heavy atom. The van der Waals surface area contributed by atoms with Crippen molar-refractivity contribution in [1.29, 1.82) is 0 Å². The largest absolute Gasteiger partial charge is 0.493 e. The fourth-order valence-corrected chi connectivity index (χ4v) is 5.16. The molecule has 232 valence electrons. The summed E-state index contributed by atoms with van der Waals surface area (Å²) in [5.74, 6) is 0.834. The number of carbonyl (C=O) groups excluding carboxylic acids is 2. The third-order valence-corrected chi connectivity index (χ3v) is 7.42. The highest BCUT2D eigenvalue weighted by Gasteiger charge is 2.16. The van der Waals surface area contributed by atoms with Crippen LogP contribution in [0.15, 0.2) is 72.8 Å². The van der Waals surface area contributed by atoms with Gasteiger partial charge in [0.25, 0.3) is 0 Å². The summed E-state index contributed by atoms with van der Waals surface area (Å²) in [6.45, 7) is 2.45. The number of benzene rings is 4. The van der Waals surface area contributed by atoms with E-state index < -0.39 is 5.97 Å². The van der Waals surface area contributed by atoms with E-state index in [9.17, 15) is 9.59 Å². The Morgan fingerprint density at radius 1 is 0.705 bits per heavy atom. The fraction of sp³-hybridized carbons (Fsp3) is 0.333. The zero-order chi connectivity index (χ0) is 31.3. The van der Waals surface area contributed by atoms with E-state index in [1.807, 2.05) is 48.5 Å².